The monoisotopic (exact) mass is 637 g/mol. The molecule has 0 aliphatic rings. The molecule has 0 unspecified atom stereocenters. The molecule has 0 bridgehead atoms. The maximum absolute atomic E-state index is 12.9. The van der Waals surface area contributed by atoms with Crippen LogP contribution in [0, 0.1) is 3.57 Å². The Hall–Kier alpha value is -2.23. The van der Waals surface area contributed by atoms with E-state index < -0.39 is 10.5 Å². The first-order valence-electron chi connectivity index (χ1n) is 8.42. The highest BCUT2D eigenvalue weighted by molar-refractivity contribution is 14.1. The molecular weight excluding hydrogens is 626 g/mol. The van der Waals surface area contributed by atoms with Crippen LogP contribution in [0.25, 0.3) is 22.4 Å². The summed E-state index contributed by atoms with van der Waals surface area (Å²) in [6.07, 6.45) is 2.76. The molecule has 0 spiro atoms. The predicted molar refractivity (Wildman–Crippen MR) is 120 cm³/mol. The van der Waals surface area contributed by atoms with Gasteiger partial charge in [-0.15, -0.1) is 0 Å². The predicted octanol–water partition coefficient (Wildman–Crippen LogP) is 3.90. The highest BCUT2D eigenvalue weighted by Crippen LogP contribution is 2.23. The van der Waals surface area contributed by atoms with Crippen molar-refractivity contribution in [3.63, 3.8) is 0 Å². The van der Waals surface area contributed by atoms with Crippen molar-refractivity contribution in [3.05, 3.63) is 62.5 Å². The van der Waals surface area contributed by atoms with Gasteiger partial charge in [0.25, 0.3) is 5.56 Å². The molecule has 0 aliphatic carbocycles. The molecule has 0 atom stereocenters. The van der Waals surface area contributed by atoms with E-state index >= 15 is 0 Å². The Bertz CT molecular complexity index is 1260. The second-order valence-electron chi connectivity index (χ2n) is 6.09. The highest BCUT2D eigenvalue weighted by Gasteiger charge is 2.25. The molecule has 1 aromatic carbocycles. The first-order valence-corrected chi connectivity index (χ1v) is 10.6. The van der Waals surface area contributed by atoms with Crippen molar-refractivity contribution >= 4 is 56.3 Å². The van der Waals surface area contributed by atoms with Gasteiger partial charge in [0, 0.05) is 50.2 Å². The molecule has 0 saturated heterocycles. The van der Waals surface area contributed by atoms with Crippen molar-refractivity contribution < 1.29 is 17.9 Å². The molecule has 0 N–H and O–H groups in total. The second kappa shape index (κ2) is 8.49. The van der Waals surface area contributed by atoms with E-state index in [1.54, 1.807) is 0 Å². The highest BCUT2D eigenvalue weighted by atomic mass is 127. The fourth-order valence-corrected chi connectivity index (χ4v) is 3.16. The third-order valence-electron chi connectivity index (χ3n) is 3.83. The summed E-state index contributed by atoms with van der Waals surface area (Å²) in [7, 11) is 0. The minimum atomic E-state index is -3.01. The van der Waals surface area contributed by atoms with E-state index in [4.69, 9.17) is 9.15 Å². The molecule has 0 radical (unpaired) electrons. The first kappa shape index (κ1) is 21.0. The number of fused-ring (bicyclic) bond motifs is 1. The van der Waals surface area contributed by atoms with E-state index in [0.717, 1.165) is 26.2 Å². The summed E-state index contributed by atoms with van der Waals surface area (Å²) in [6, 6.07) is 8.29. The van der Waals surface area contributed by atoms with Crippen molar-refractivity contribution in [2.45, 2.75) is 10.5 Å². The number of rotatable bonds is 6. The SMILES string of the molecule is O=c1ccc(-c2cnc(OCC(F)(F)I)nc2)nn1Cc1nc2cc(I)ccc2o1. The Morgan fingerprint density at radius 2 is 1.93 bits per heavy atom. The van der Waals surface area contributed by atoms with Crippen molar-refractivity contribution in [1.29, 1.82) is 0 Å². The number of alkyl halides is 3. The van der Waals surface area contributed by atoms with Gasteiger partial charge in [0.1, 0.15) is 12.1 Å². The number of hydrogen-bond acceptors (Lipinski definition) is 7. The van der Waals surface area contributed by atoms with Gasteiger partial charge in [-0.1, -0.05) is 0 Å². The molecule has 0 saturated carbocycles. The smallest absolute Gasteiger partial charge is 0.329 e. The van der Waals surface area contributed by atoms with Crippen LogP contribution in [-0.4, -0.2) is 35.3 Å². The van der Waals surface area contributed by atoms with Crippen LogP contribution in [-0.2, 0) is 6.54 Å². The molecule has 0 fully saturated rings. The Balaban J connectivity index is 1.56. The van der Waals surface area contributed by atoms with Crippen molar-refractivity contribution in [1.82, 2.24) is 24.7 Å². The maximum atomic E-state index is 12.9. The number of halogens is 4. The van der Waals surface area contributed by atoms with Crippen molar-refractivity contribution in [2.75, 3.05) is 6.61 Å². The lowest BCUT2D eigenvalue weighted by molar-refractivity contribution is 0.0603. The van der Waals surface area contributed by atoms with E-state index in [0.29, 0.717) is 28.2 Å². The van der Waals surface area contributed by atoms with Gasteiger partial charge in [-0.2, -0.15) is 13.9 Å². The van der Waals surface area contributed by atoms with Gasteiger partial charge in [-0.05, 0) is 46.9 Å². The van der Waals surface area contributed by atoms with E-state index in [1.165, 1.54) is 29.2 Å². The number of ether oxygens (including phenoxy) is 1. The molecule has 3 heterocycles. The molecule has 12 heteroatoms. The lowest BCUT2D eigenvalue weighted by atomic mass is 10.2. The molecule has 0 aliphatic heterocycles. The van der Waals surface area contributed by atoms with E-state index in [2.05, 4.69) is 42.6 Å². The van der Waals surface area contributed by atoms with Gasteiger partial charge < -0.3 is 9.15 Å². The zero-order chi connectivity index (χ0) is 21.3. The maximum Gasteiger partial charge on any atom is 0.329 e. The van der Waals surface area contributed by atoms with Crippen LogP contribution in [0.15, 0.2) is 51.9 Å². The van der Waals surface area contributed by atoms with Crippen LogP contribution < -0.4 is 10.3 Å². The quantitative estimate of drug-likeness (QED) is 0.234. The van der Waals surface area contributed by atoms with E-state index in [1.807, 2.05) is 18.2 Å². The molecule has 0 amide bonds. The standard InChI is InChI=1S/C18H11F2I2N5O3/c19-18(20,22)9-29-17-23-6-10(7-24-17)12-2-4-16(28)27(26-12)8-15-25-13-5-11(21)1-3-14(13)30-15/h1-7H,8-9H2. The molecule has 154 valence electrons. The minimum absolute atomic E-state index is 0.0464. The number of nitrogens with zero attached hydrogens (tertiary/aromatic N) is 5. The Morgan fingerprint density at radius 3 is 2.67 bits per heavy atom. The second-order valence-corrected chi connectivity index (χ2v) is 8.92. The van der Waals surface area contributed by atoms with Gasteiger partial charge in [-0.25, -0.2) is 19.6 Å². The molecule has 4 rings (SSSR count). The Labute approximate surface area is 195 Å². The third-order valence-corrected chi connectivity index (χ3v) is 4.82. The fraction of sp³-hybridized carbons (Fsp3) is 0.167. The van der Waals surface area contributed by atoms with Gasteiger partial charge in [0.15, 0.2) is 12.2 Å². The van der Waals surface area contributed by atoms with E-state index in [-0.39, 0.29) is 18.1 Å². The van der Waals surface area contributed by atoms with Crippen molar-refractivity contribution in [3.8, 4) is 17.3 Å². The molecule has 30 heavy (non-hydrogen) atoms. The fourth-order valence-electron chi connectivity index (χ4n) is 2.53. The van der Waals surface area contributed by atoms with Crippen LogP contribution in [0.5, 0.6) is 6.01 Å². The van der Waals surface area contributed by atoms with Gasteiger partial charge in [0.2, 0.25) is 5.89 Å². The summed E-state index contributed by atoms with van der Waals surface area (Å²) in [5, 5.41) is 4.30. The first-order chi connectivity index (χ1) is 14.3. The molecule has 8 nitrogen and oxygen atoms in total. The average Bonchev–Trinajstić information content (AvgIpc) is 3.09. The number of hydrogen-bond donors (Lipinski definition) is 0. The van der Waals surface area contributed by atoms with Crippen molar-refractivity contribution in [2.24, 2.45) is 0 Å². The summed E-state index contributed by atoms with van der Waals surface area (Å²) >= 11 is 3.15. The minimum Gasteiger partial charge on any atom is -0.456 e. The van der Waals surface area contributed by atoms with Crippen LogP contribution >= 0.6 is 45.2 Å². The molecule has 3 aromatic heterocycles. The van der Waals surface area contributed by atoms with Crippen LogP contribution in [0.2, 0.25) is 0 Å². The zero-order valence-corrected chi connectivity index (χ0v) is 19.2. The van der Waals surface area contributed by atoms with Gasteiger partial charge in [0.05, 0.1) is 5.69 Å². The van der Waals surface area contributed by atoms with Crippen LogP contribution in [0.3, 0.4) is 0 Å². The summed E-state index contributed by atoms with van der Waals surface area (Å²) in [5.74, 6) is 0.346. The zero-order valence-electron chi connectivity index (χ0n) is 14.9. The summed E-state index contributed by atoms with van der Waals surface area (Å²) in [6.45, 7) is -0.787. The largest absolute Gasteiger partial charge is 0.456 e. The number of oxazole rings is 1. The number of benzene rings is 1. The summed E-state index contributed by atoms with van der Waals surface area (Å²) < 4.78 is 35.4. The van der Waals surface area contributed by atoms with Crippen LogP contribution in [0.4, 0.5) is 8.78 Å². The average molecular weight is 637 g/mol. The van der Waals surface area contributed by atoms with E-state index in [9.17, 15) is 13.6 Å². The topological polar surface area (TPSA) is 95.9 Å². The summed E-state index contributed by atoms with van der Waals surface area (Å²) in [5.41, 5.74) is 1.90. The molecule has 4 aromatic rings. The molecular formula is C18H11F2I2N5O3. The third kappa shape index (κ3) is 5.08. The Kier molecular flexibility index (Phi) is 5.95. The number of aromatic nitrogens is 5. The van der Waals surface area contributed by atoms with Gasteiger partial charge in [-0.3, -0.25) is 4.79 Å². The van der Waals surface area contributed by atoms with Crippen LogP contribution in [0.1, 0.15) is 5.89 Å². The lowest BCUT2D eigenvalue weighted by Crippen LogP contribution is -2.23. The Morgan fingerprint density at radius 1 is 1.17 bits per heavy atom. The summed E-state index contributed by atoms with van der Waals surface area (Å²) in [4.78, 5) is 24.4. The van der Waals surface area contributed by atoms with Gasteiger partial charge >= 0.3 is 9.94 Å². The normalized spacial score (nSPS) is 11.7. The lowest BCUT2D eigenvalue weighted by Gasteiger charge is -2.09.